The molecule has 3 nitrogen and oxygen atoms in total. The van der Waals surface area contributed by atoms with E-state index in [4.69, 9.17) is 9.47 Å². The standard InChI is InChI=1S/C9H17O3.Na/c1-7(2)4-9(3)11-6-8(5-10)12-9;/h7-8H,4-6H2,1-3H3;/q-1;+1. The van der Waals surface area contributed by atoms with Gasteiger partial charge in [-0.2, -0.15) is 0 Å². The topological polar surface area (TPSA) is 41.5 Å². The normalized spacial score (nSPS) is 33.5. The molecule has 0 aromatic rings. The van der Waals surface area contributed by atoms with Crippen LogP contribution in [0.5, 0.6) is 0 Å². The van der Waals surface area contributed by atoms with Crippen LogP contribution in [0.4, 0.5) is 0 Å². The molecule has 0 aromatic carbocycles. The fourth-order valence-corrected chi connectivity index (χ4v) is 1.62. The molecule has 1 rings (SSSR count). The third-order valence-electron chi connectivity index (χ3n) is 1.96. The zero-order valence-electron chi connectivity index (χ0n) is 9.00. The third kappa shape index (κ3) is 4.28. The largest absolute Gasteiger partial charge is 1.00 e. The summed E-state index contributed by atoms with van der Waals surface area (Å²) < 4.78 is 10.9. The third-order valence-corrected chi connectivity index (χ3v) is 1.96. The van der Waals surface area contributed by atoms with Gasteiger partial charge in [-0.1, -0.05) is 13.8 Å². The van der Waals surface area contributed by atoms with Crippen molar-refractivity contribution in [1.29, 1.82) is 0 Å². The maximum absolute atomic E-state index is 10.5. The summed E-state index contributed by atoms with van der Waals surface area (Å²) in [6.07, 6.45) is 0.609. The Balaban J connectivity index is 0.00000144. The molecule has 1 aliphatic rings. The Hall–Kier alpha value is 0.880. The van der Waals surface area contributed by atoms with Crippen molar-refractivity contribution in [3.8, 4) is 0 Å². The Morgan fingerprint density at radius 3 is 2.54 bits per heavy atom. The van der Waals surface area contributed by atoms with Crippen LogP contribution in [-0.2, 0) is 9.47 Å². The summed E-state index contributed by atoms with van der Waals surface area (Å²) >= 11 is 0. The number of rotatable bonds is 3. The van der Waals surface area contributed by atoms with E-state index in [1.165, 1.54) is 0 Å². The molecule has 1 heterocycles. The molecule has 0 amide bonds. The Kier molecular flexibility index (Phi) is 6.07. The predicted molar refractivity (Wildman–Crippen MR) is 43.6 cm³/mol. The van der Waals surface area contributed by atoms with Gasteiger partial charge < -0.3 is 14.6 Å². The summed E-state index contributed by atoms with van der Waals surface area (Å²) in [5, 5.41) is 10.5. The van der Waals surface area contributed by atoms with E-state index in [0.717, 1.165) is 6.42 Å². The summed E-state index contributed by atoms with van der Waals surface area (Å²) in [5.41, 5.74) is 0. The summed E-state index contributed by atoms with van der Waals surface area (Å²) in [6, 6.07) is 0. The molecule has 0 saturated carbocycles. The molecule has 1 fully saturated rings. The molecular weight excluding hydrogens is 179 g/mol. The zero-order valence-corrected chi connectivity index (χ0v) is 11.0. The van der Waals surface area contributed by atoms with Gasteiger partial charge in [0, 0.05) is 6.42 Å². The molecule has 0 aromatic heterocycles. The van der Waals surface area contributed by atoms with Crippen LogP contribution in [0.25, 0.3) is 0 Å². The summed E-state index contributed by atoms with van der Waals surface area (Å²) in [4.78, 5) is 0. The molecule has 0 bridgehead atoms. The number of hydrogen-bond donors (Lipinski definition) is 0. The van der Waals surface area contributed by atoms with Crippen molar-refractivity contribution in [2.45, 2.75) is 39.1 Å². The van der Waals surface area contributed by atoms with Crippen molar-refractivity contribution in [3.05, 3.63) is 0 Å². The molecule has 4 heteroatoms. The fourth-order valence-electron chi connectivity index (χ4n) is 1.62. The van der Waals surface area contributed by atoms with Crippen LogP contribution in [0.1, 0.15) is 27.2 Å². The maximum Gasteiger partial charge on any atom is 1.00 e. The Morgan fingerprint density at radius 1 is 1.54 bits per heavy atom. The van der Waals surface area contributed by atoms with Crippen LogP contribution in [0, 0.1) is 5.92 Å². The average molecular weight is 196 g/mol. The van der Waals surface area contributed by atoms with Crippen LogP contribution in [0.15, 0.2) is 0 Å². The van der Waals surface area contributed by atoms with E-state index in [-0.39, 0.29) is 42.3 Å². The molecule has 72 valence electrons. The Morgan fingerprint density at radius 2 is 2.15 bits per heavy atom. The summed E-state index contributed by atoms with van der Waals surface area (Å²) in [6.45, 7) is 6.38. The molecular formula is C9H17NaO3. The van der Waals surface area contributed by atoms with Gasteiger partial charge in [-0.05, 0) is 12.8 Å². The van der Waals surface area contributed by atoms with Gasteiger partial charge in [-0.3, -0.25) is 0 Å². The minimum absolute atomic E-state index is 0. The first-order chi connectivity index (χ1) is 5.56. The Bertz CT molecular complexity index is 152. The molecule has 0 spiro atoms. The zero-order chi connectivity index (χ0) is 9.19. The van der Waals surface area contributed by atoms with Gasteiger partial charge in [-0.25, -0.2) is 0 Å². The van der Waals surface area contributed by atoms with Gasteiger partial charge in [0.15, 0.2) is 5.79 Å². The van der Waals surface area contributed by atoms with Crippen molar-refractivity contribution in [3.63, 3.8) is 0 Å². The molecule has 1 aliphatic heterocycles. The van der Waals surface area contributed by atoms with Gasteiger partial charge in [0.1, 0.15) is 0 Å². The fraction of sp³-hybridized carbons (Fsp3) is 1.00. The number of hydrogen-bond acceptors (Lipinski definition) is 3. The van der Waals surface area contributed by atoms with Gasteiger partial charge in [0.25, 0.3) is 0 Å². The average Bonchev–Trinajstić information content (AvgIpc) is 2.30. The van der Waals surface area contributed by atoms with E-state index < -0.39 is 5.79 Å². The molecule has 0 aliphatic carbocycles. The van der Waals surface area contributed by atoms with Crippen molar-refractivity contribution in [2.75, 3.05) is 13.2 Å². The van der Waals surface area contributed by atoms with Crippen molar-refractivity contribution in [2.24, 2.45) is 5.92 Å². The van der Waals surface area contributed by atoms with Crippen LogP contribution in [0.2, 0.25) is 0 Å². The molecule has 2 atom stereocenters. The smallest absolute Gasteiger partial charge is 0.853 e. The number of ether oxygens (including phenoxy) is 2. The second-order valence-electron chi connectivity index (χ2n) is 3.95. The quantitative estimate of drug-likeness (QED) is 0.470. The minimum atomic E-state index is -0.511. The molecule has 0 N–H and O–H groups in total. The summed E-state index contributed by atoms with van der Waals surface area (Å²) in [5.74, 6) is 0.0175. The second-order valence-corrected chi connectivity index (χ2v) is 3.95. The van der Waals surface area contributed by atoms with E-state index in [0.29, 0.717) is 12.5 Å². The van der Waals surface area contributed by atoms with E-state index in [1.807, 2.05) is 6.92 Å². The minimum Gasteiger partial charge on any atom is -0.853 e. The molecule has 0 radical (unpaired) electrons. The van der Waals surface area contributed by atoms with E-state index in [9.17, 15) is 5.11 Å². The van der Waals surface area contributed by atoms with Crippen molar-refractivity contribution < 1.29 is 44.1 Å². The summed E-state index contributed by atoms with van der Waals surface area (Å²) in [7, 11) is 0. The van der Waals surface area contributed by atoms with Crippen LogP contribution in [-0.4, -0.2) is 25.1 Å². The molecule has 2 unspecified atom stereocenters. The van der Waals surface area contributed by atoms with E-state index in [1.54, 1.807) is 0 Å². The Labute approximate surface area is 102 Å². The van der Waals surface area contributed by atoms with Crippen LogP contribution in [0.3, 0.4) is 0 Å². The second kappa shape index (κ2) is 5.69. The predicted octanol–water partition coefficient (Wildman–Crippen LogP) is -2.47. The molecule has 1 saturated heterocycles. The monoisotopic (exact) mass is 196 g/mol. The first-order valence-corrected chi connectivity index (χ1v) is 4.45. The van der Waals surface area contributed by atoms with E-state index in [2.05, 4.69) is 13.8 Å². The maximum atomic E-state index is 10.5. The first kappa shape index (κ1) is 13.9. The van der Waals surface area contributed by atoms with E-state index >= 15 is 0 Å². The molecule has 13 heavy (non-hydrogen) atoms. The first-order valence-electron chi connectivity index (χ1n) is 4.45. The SMILES string of the molecule is CC(C)CC1(C)OCC(C[O-])O1.[Na+]. The van der Waals surface area contributed by atoms with Crippen LogP contribution >= 0.6 is 0 Å². The van der Waals surface area contributed by atoms with Crippen LogP contribution < -0.4 is 34.7 Å². The van der Waals surface area contributed by atoms with Gasteiger partial charge in [0.2, 0.25) is 0 Å². The van der Waals surface area contributed by atoms with Gasteiger partial charge in [-0.15, -0.1) is 6.61 Å². The van der Waals surface area contributed by atoms with Gasteiger partial charge >= 0.3 is 29.6 Å². The van der Waals surface area contributed by atoms with Crippen molar-refractivity contribution >= 4 is 0 Å². The van der Waals surface area contributed by atoms with Gasteiger partial charge in [0.05, 0.1) is 12.7 Å². The van der Waals surface area contributed by atoms with Crippen molar-refractivity contribution in [1.82, 2.24) is 0 Å².